The van der Waals surface area contributed by atoms with Gasteiger partial charge in [0.1, 0.15) is 11.6 Å². The lowest BCUT2D eigenvalue weighted by molar-refractivity contribution is -0.137. The second-order valence-electron chi connectivity index (χ2n) is 3.92. The Morgan fingerprint density at radius 2 is 1.95 bits per heavy atom. The third kappa shape index (κ3) is 2.33. The number of benzene rings is 1. The zero-order valence-electron chi connectivity index (χ0n) is 9.66. The van der Waals surface area contributed by atoms with Crippen molar-refractivity contribution in [2.24, 2.45) is 7.05 Å². The second-order valence-corrected chi connectivity index (χ2v) is 4.33. The molecule has 0 radical (unpaired) electrons. The number of nitrogens with zero attached hydrogens (tertiary/aromatic N) is 2. The van der Waals surface area contributed by atoms with E-state index in [-0.39, 0.29) is 16.9 Å². The number of aryl methyl sites for hydroxylation is 1. The summed E-state index contributed by atoms with van der Waals surface area (Å²) in [5.74, 6) is -0.333. The molecule has 19 heavy (non-hydrogen) atoms. The molecule has 102 valence electrons. The van der Waals surface area contributed by atoms with Gasteiger partial charge < -0.3 is 10.8 Å². The van der Waals surface area contributed by atoms with E-state index < -0.39 is 22.5 Å². The summed E-state index contributed by atoms with van der Waals surface area (Å²) < 4.78 is 39.4. The van der Waals surface area contributed by atoms with Gasteiger partial charge in [0.05, 0.1) is 16.8 Å². The summed E-state index contributed by atoms with van der Waals surface area (Å²) in [6.45, 7) is 0. The normalized spacial score (nSPS) is 11.8. The van der Waals surface area contributed by atoms with Gasteiger partial charge in [0, 0.05) is 18.2 Å². The molecular weight excluding hydrogens is 283 g/mol. The zero-order valence-corrected chi connectivity index (χ0v) is 10.4. The van der Waals surface area contributed by atoms with Gasteiger partial charge in [-0.2, -0.15) is 18.3 Å². The Morgan fingerprint density at radius 3 is 2.42 bits per heavy atom. The molecule has 0 atom stereocenters. The minimum atomic E-state index is -4.57. The molecular formula is C11H9ClF3N3O. The molecule has 0 aliphatic rings. The van der Waals surface area contributed by atoms with Crippen LogP contribution >= 0.6 is 11.6 Å². The van der Waals surface area contributed by atoms with Crippen LogP contribution < -0.4 is 5.73 Å². The van der Waals surface area contributed by atoms with Crippen molar-refractivity contribution in [2.45, 2.75) is 6.18 Å². The number of nitrogen functional groups attached to an aromatic ring is 1. The summed E-state index contributed by atoms with van der Waals surface area (Å²) in [6.07, 6.45) is -3.30. The SMILES string of the molecule is Cn1ncc(-c2cc(C(F)(F)F)cc(Cl)c2O)c1N. The van der Waals surface area contributed by atoms with Crippen LogP contribution in [0.1, 0.15) is 5.56 Å². The van der Waals surface area contributed by atoms with Crippen LogP contribution in [0.3, 0.4) is 0 Å². The molecule has 1 aromatic carbocycles. The van der Waals surface area contributed by atoms with E-state index >= 15 is 0 Å². The number of aromatic nitrogens is 2. The van der Waals surface area contributed by atoms with E-state index in [1.54, 1.807) is 0 Å². The van der Waals surface area contributed by atoms with Gasteiger partial charge in [-0.3, -0.25) is 4.68 Å². The topological polar surface area (TPSA) is 64.1 Å². The van der Waals surface area contributed by atoms with E-state index in [0.29, 0.717) is 6.07 Å². The van der Waals surface area contributed by atoms with Gasteiger partial charge in [-0.1, -0.05) is 11.6 Å². The van der Waals surface area contributed by atoms with Gasteiger partial charge >= 0.3 is 6.18 Å². The van der Waals surface area contributed by atoms with Crippen molar-refractivity contribution < 1.29 is 18.3 Å². The number of phenolic OH excluding ortho intramolecular Hbond substituents is 1. The summed E-state index contributed by atoms with van der Waals surface area (Å²) in [7, 11) is 1.53. The predicted molar refractivity (Wildman–Crippen MR) is 64.7 cm³/mol. The van der Waals surface area contributed by atoms with Crippen molar-refractivity contribution >= 4 is 17.4 Å². The first kappa shape index (κ1) is 13.5. The highest BCUT2D eigenvalue weighted by Crippen LogP contribution is 2.42. The number of anilines is 1. The van der Waals surface area contributed by atoms with Crippen molar-refractivity contribution in [3.05, 3.63) is 28.9 Å². The lowest BCUT2D eigenvalue weighted by atomic mass is 10.0. The highest BCUT2D eigenvalue weighted by Gasteiger charge is 2.32. The van der Waals surface area contributed by atoms with Crippen molar-refractivity contribution in [1.82, 2.24) is 9.78 Å². The molecule has 0 saturated heterocycles. The number of rotatable bonds is 1. The maximum atomic E-state index is 12.7. The summed E-state index contributed by atoms with van der Waals surface area (Å²) in [5.41, 5.74) is 4.80. The molecule has 0 saturated carbocycles. The van der Waals surface area contributed by atoms with E-state index in [9.17, 15) is 18.3 Å². The Balaban J connectivity index is 2.70. The third-order valence-electron chi connectivity index (χ3n) is 2.67. The molecule has 2 rings (SSSR count). The van der Waals surface area contributed by atoms with Crippen molar-refractivity contribution in [2.75, 3.05) is 5.73 Å². The molecule has 1 heterocycles. The van der Waals surface area contributed by atoms with Crippen LogP contribution in [0.4, 0.5) is 19.0 Å². The Morgan fingerprint density at radius 1 is 1.32 bits per heavy atom. The lowest BCUT2D eigenvalue weighted by Gasteiger charge is -2.12. The minimum Gasteiger partial charge on any atom is -0.506 e. The molecule has 0 unspecified atom stereocenters. The summed E-state index contributed by atoms with van der Waals surface area (Å²) in [6, 6.07) is 1.45. The molecule has 8 heteroatoms. The maximum Gasteiger partial charge on any atom is 0.416 e. The Bertz CT molecular complexity index is 637. The van der Waals surface area contributed by atoms with Crippen LogP contribution in [0.25, 0.3) is 11.1 Å². The average Bonchev–Trinajstić information content (AvgIpc) is 2.62. The first-order chi connectivity index (χ1) is 8.71. The van der Waals surface area contributed by atoms with E-state index in [0.717, 1.165) is 6.07 Å². The first-order valence-corrected chi connectivity index (χ1v) is 5.47. The fourth-order valence-corrected chi connectivity index (χ4v) is 1.84. The molecule has 1 aromatic heterocycles. The largest absolute Gasteiger partial charge is 0.506 e. The Kier molecular flexibility index (Phi) is 3.09. The number of phenols is 1. The molecule has 0 bridgehead atoms. The van der Waals surface area contributed by atoms with Gasteiger partial charge in [0.2, 0.25) is 0 Å². The van der Waals surface area contributed by atoms with Crippen molar-refractivity contribution in [3.63, 3.8) is 0 Å². The molecule has 4 nitrogen and oxygen atoms in total. The number of hydrogen-bond acceptors (Lipinski definition) is 3. The van der Waals surface area contributed by atoms with Gasteiger partial charge in [0.15, 0.2) is 0 Å². The fourth-order valence-electron chi connectivity index (χ4n) is 1.62. The number of alkyl halides is 3. The monoisotopic (exact) mass is 291 g/mol. The third-order valence-corrected chi connectivity index (χ3v) is 2.95. The highest BCUT2D eigenvalue weighted by atomic mass is 35.5. The summed E-state index contributed by atoms with van der Waals surface area (Å²) >= 11 is 5.62. The van der Waals surface area contributed by atoms with Crippen LogP contribution in [0.5, 0.6) is 5.75 Å². The second kappa shape index (κ2) is 4.34. The van der Waals surface area contributed by atoms with Gasteiger partial charge in [-0.15, -0.1) is 0 Å². The molecule has 0 spiro atoms. The molecule has 0 aliphatic heterocycles. The van der Waals surface area contributed by atoms with Crippen LogP contribution in [-0.4, -0.2) is 14.9 Å². The van der Waals surface area contributed by atoms with Gasteiger partial charge in [-0.05, 0) is 12.1 Å². The number of halogens is 4. The van der Waals surface area contributed by atoms with Crippen LogP contribution in [0, 0.1) is 0 Å². The van der Waals surface area contributed by atoms with E-state index in [1.807, 2.05) is 0 Å². The molecule has 3 N–H and O–H groups in total. The van der Waals surface area contributed by atoms with E-state index in [4.69, 9.17) is 17.3 Å². The van der Waals surface area contributed by atoms with Gasteiger partial charge in [-0.25, -0.2) is 0 Å². The Labute approximate surface area is 111 Å². The summed E-state index contributed by atoms with van der Waals surface area (Å²) in [4.78, 5) is 0. The van der Waals surface area contributed by atoms with Crippen molar-refractivity contribution in [1.29, 1.82) is 0 Å². The molecule has 0 fully saturated rings. The number of nitrogens with two attached hydrogens (primary N) is 1. The van der Waals surface area contributed by atoms with Crippen molar-refractivity contribution in [3.8, 4) is 16.9 Å². The summed E-state index contributed by atoms with van der Waals surface area (Å²) in [5, 5.41) is 13.2. The van der Waals surface area contributed by atoms with Gasteiger partial charge in [0.25, 0.3) is 0 Å². The van der Waals surface area contributed by atoms with Crippen LogP contribution in [-0.2, 0) is 13.2 Å². The number of hydrogen-bond donors (Lipinski definition) is 2. The number of aromatic hydroxyl groups is 1. The quantitative estimate of drug-likeness (QED) is 0.849. The predicted octanol–water partition coefficient (Wildman–Crippen LogP) is 3.05. The van der Waals surface area contributed by atoms with E-state index in [1.165, 1.54) is 17.9 Å². The minimum absolute atomic E-state index is 0.106. The van der Waals surface area contributed by atoms with E-state index in [2.05, 4.69) is 5.10 Å². The fraction of sp³-hybridized carbons (Fsp3) is 0.182. The smallest absolute Gasteiger partial charge is 0.416 e. The van der Waals surface area contributed by atoms with Crippen LogP contribution in [0.15, 0.2) is 18.3 Å². The first-order valence-electron chi connectivity index (χ1n) is 5.09. The highest BCUT2D eigenvalue weighted by molar-refractivity contribution is 6.32. The lowest BCUT2D eigenvalue weighted by Crippen LogP contribution is -2.05. The standard InChI is InChI=1S/C11H9ClF3N3O/c1-18-10(16)7(4-17-18)6-2-5(11(13,14)15)3-8(12)9(6)19/h2-4,19H,16H2,1H3. The zero-order chi connectivity index (χ0) is 14.4. The molecule has 2 aromatic rings. The maximum absolute atomic E-state index is 12.7. The van der Waals surface area contributed by atoms with Crippen LogP contribution in [0.2, 0.25) is 5.02 Å². The molecule has 0 amide bonds. The molecule has 0 aliphatic carbocycles. The average molecular weight is 292 g/mol. The Hall–Kier alpha value is -1.89.